The number of carbonyl (C=O) groups excluding carboxylic acids is 1. The third-order valence-corrected chi connectivity index (χ3v) is 8.16. The summed E-state index contributed by atoms with van der Waals surface area (Å²) in [4.78, 5) is 14.1. The van der Waals surface area contributed by atoms with Crippen molar-refractivity contribution in [3.8, 4) is 0 Å². The van der Waals surface area contributed by atoms with E-state index in [9.17, 15) is 13.6 Å². The molecule has 0 radical (unpaired) electrons. The van der Waals surface area contributed by atoms with Crippen LogP contribution in [0.25, 0.3) is 0 Å². The molecule has 3 aliphatic rings. The van der Waals surface area contributed by atoms with Gasteiger partial charge in [-0.05, 0) is 55.9 Å². The molecular weight excluding hydrogens is 456 g/mol. The number of carbonyl (C=O) groups is 1. The Morgan fingerprint density at radius 1 is 0.912 bits per heavy atom. The molecule has 2 aromatic rings. The number of para-hydroxylation sites is 2. The zero-order valence-corrected chi connectivity index (χ0v) is 20.1. The van der Waals surface area contributed by atoms with Crippen LogP contribution in [-0.4, -0.2) is 11.9 Å². The lowest BCUT2D eigenvalue weighted by molar-refractivity contribution is -0.130. The predicted molar refractivity (Wildman–Crippen MR) is 132 cm³/mol. The molecule has 182 valence electrons. The highest BCUT2D eigenvalue weighted by atomic mass is 35.5. The van der Waals surface area contributed by atoms with Gasteiger partial charge >= 0.3 is 0 Å². The Bertz CT molecular complexity index is 1030. The van der Waals surface area contributed by atoms with Crippen LogP contribution < -0.4 is 16.0 Å². The van der Waals surface area contributed by atoms with Crippen molar-refractivity contribution < 1.29 is 13.6 Å². The third kappa shape index (κ3) is 4.37. The van der Waals surface area contributed by atoms with E-state index in [1.807, 2.05) is 24.3 Å². The molecule has 1 unspecified atom stereocenters. The van der Waals surface area contributed by atoms with Crippen molar-refractivity contribution in [1.29, 1.82) is 0 Å². The average Bonchev–Trinajstić information content (AvgIpc) is 3.22. The zero-order valence-electron chi connectivity index (χ0n) is 19.3. The van der Waals surface area contributed by atoms with Crippen molar-refractivity contribution in [2.24, 2.45) is 11.8 Å². The van der Waals surface area contributed by atoms with Crippen molar-refractivity contribution in [1.82, 2.24) is 5.32 Å². The van der Waals surface area contributed by atoms with E-state index in [4.69, 9.17) is 11.6 Å². The summed E-state index contributed by atoms with van der Waals surface area (Å²) in [7, 11) is 0. The third-order valence-electron chi connectivity index (χ3n) is 7.85. The number of anilines is 2. The SMILES string of the molecule is O=C(NC1CCCCC1)C(C1CCCCC1)C1(c2cc(F)c(F)cc2Cl)Nc2ccccc2N1. The van der Waals surface area contributed by atoms with Crippen LogP contribution in [0.5, 0.6) is 0 Å². The number of rotatable bonds is 5. The molecule has 1 aliphatic heterocycles. The van der Waals surface area contributed by atoms with E-state index in [0.29, 0.717) is 5.56 Å². The highest BCUT2D eigenvalue weighted by molar-refractivity contribution is 6.31. The topological polar surface area (TPSA) is 53.2 Å². The minimum atomic E-state index is -1.18. The molecule has 1 amide bonds. The summed E-state index contributed by atoms with van der Waals surface area (Å²) in [6, 6.07) is 9.98. The molecule has 0 aromatic heterocycles. The minimum absolute atomic E-state index is 0.0487. The zero-order chi connectivity index (χ0) is 23.7. The van der Waals surface area contributed by atoms with E-state index in [1.54, 1.807) is 0 Å². The molecule has 0 spiro atoms. The van der Waals surface area contributed by atoms with Gasteiger partial charge in [0.2, 0.25) is 5.91 Å². The van der Waals surface area contributed by atoms with Crippen molar-refractivity contribution in [3.05, 3.63) is 58.6 Å². The fourth-order valence-electron chi connectivity index (χ4n) is 6.21. The second-order valence-electron chi connectivity index (χ2n) is 10.1. The maximum absolute atomic E-state index is 14.6. The van der Waals surface area contributed by atoms with Crippen LogP contribution in [0.15, 0.2) is 36.4 Å². The molecule has 0 bridgehead atoms. The molecule has 2 aliphatic carbocycles. The molecule has 1 heterocycles. The first-order chi connectivity index (χ1) is 16.5. The Morgan fingerprint density at radius 3 is 2.09 bits per heavy atom. The second-order valence-corrected chi connectivity index (χ2v) is 10.5. The Morgan fingerprint density at radius 2 is 1.47 bits per heavy atom. The van der Waals surface area contributed by atoms with Crippen LogP contribution in [0.3, 0.4) is 0 Å². The van der Waals surface area contributed by atoms with Crippen molar-refractivity contribution >= 4 is 28.9 Å². The lowest BCUT2D eigenvalue weighted by Crippen LogP contribution is -2.57. The number of benzene rings is 2. The number of nitrogens with one attached hydrogen (secondary N) is 3. The summed E-state index contributed by atoms with van der Waals surface area (Å²) in [5, 5.41) is 10.5. The number of amides is 1. The number of fused-ring (bicyclic) bond motifs is 1. The molecule has 4 nitrogen and oxygen atoms in total. The molecule has 2 saturated carbocycles. The Labute approximate surface area is 204 Å². The van der Waals surface area contributed by atoms with Gasteiger partial charge in [-0.15, -0.1) is 0 Å². The monoisotopic (exact) mass is 487 g/mol. The minimum Gasteiger partial charge on any atom is -0.357 e. The van der Waals surface area contributed by atoms with Crippen molar-refractivity contribution in [2.45, 2.75) is 75.9 Å². The average molecular weight is 488 g/mol. The fraction of sp³-hybridized carbons (Fsp3) is 0.519. The van der Waals surface area contributed by atoms with Gasteiger partial charge in [0.1, 0.15) is 5.66 Å². The van der Waals surface area contributed by atoms with E-state index in [0.717, 1.165) is 81.3 Å². The summed E-state index contributed by atoms with van der Waals surface area (Å²) in [5.41, 5.74) is 0.804. The first-order valence-electron chi connectivity index (χ1n) is 12.6. The summed E-state index contributed by atoms with van der Waals surface area (Å²) >= 11 is 6.58. The summed E-state index contributed by atoms with van der Waals surface area (Å²) < 4.78 is 28.7. The number of hydrogen-bond donors (Lipinski definition) is 3. The predicted octanol–water partition coefficient (Wildman–Crippen LogP) is 6.95. The number of hydrogen-bond acceptors (Lipinski definition) is 3. The Hall–Kier alpha value is -2.34. The quantitative estimate of drug-likeness (QED) is 0.400. The first kappa shape index (κ1) is 23.4. The van der Waals surface area contributed by atoms with Gasteiger partial charge in [-0.1, -0.05) is 62.3 Å². The molecule has 1 atom stereocenters. The Balaban J connectivity index is 1.61. The van der Waals surface area contributed by atoms with Gasteiger partial charge in [-0.25, -0.2) is 8.78 Å². The van der Waals surface area contributed by atoms with E-state index >= 15 is 0 Å². The molecule has 0 saturated heterocycles. The summed E-state index contributed by atoms with van der Waals surface area (Å²) in [5.74, 6) is -2.50. The molecule has 5 rings (SSSR count). The fourth-order valence-corrected chi connectivity index (χ4v) is 6.51. The molecule has 2 fully saturated rings. The number of halogens is 3. The standard InChI is InChI=1S/C27H32ClF2N3O/c28-20-16-22(30)21(29)15-19(20)27(32-23-13-7-8-14-24(23)33-27)25(17-9-3-1-4-10-17)26(34)31-18-11-5-2-6-12-18/h7-8,13-18,25,32-33H,1-6,9-12H2,(H,31,34). The lowest BCUT2D eigenvalue weighted by atomic mass is 9.71. The maximum atomic E-state index is 14.6. The van der Waals surface area contributed by atoms with E-state index < -0.39 is 23.2 Å². The van der Waals surface area contributed by atoms with Crippen LogP contribution in [-0.2, 0) is 10.5 Å². The molecule has 7 heteroatoms. The smallest absolute Gasteiger partial charge is 0.228 e. The van der Waals surface area contributed by atoms with Gasteiger partial charge in [0, 0.05) is 11.6 Å². The molecule has 2 aromatic carbocycles. The molecule has 34 heavy (non-hydrogen) atoms. The van der Waals surface area contributed by atoms with Gasteiger partial charge in [0.25, 0.3) is 0 Å². The van der Waals surface area contributed by atoms with E-state index in [-0.39, 0.29) is 22.9 Å². The molecular formula is C27H32ClF2N3O. The van der Waals surface area contributed by atoms with Crippen molar-refractivity contribution in [2.75, 3.05) is 10.6 Å². The summed E-state index contributed by atoms with van der Waals surface area (Å²) in [6.07, 6.45) is 10.4. The van der Waals surface area contributed by atoms with E-state index in [2.05, 4.69) is 16.0 Å². The van der Waals surface area contributed by atoms with E-state index in [1.165, 1.54) is 6.42 Å². The lowest BCUT2D eigenvalue weighted by Gasteiger charge is -2.44. The highest BCUT2D eigenvalue weighted by Crippen LogP contribution is 2.50. The Kier molecular flexibility index (Phi) is 6.70. The first-order valence-corrected chi connectivity index (χ1v) is 13.0. The normalized spacial score (nSPS) is 21.3. The van der Waals surface area contributed by atoms with Crippen LogP contribution in [0.2, 0.25) is 5.02 Å². The van der Waals surface area contributed by atoms with Crippen molar-refractivity contribution in [3.63, 3.8) is 0 Å². The highest BCUT2D eigenvalue weighted by Gasteiger charge is 2.53. The van der Waals surface area contributed by atoms with Gasteiger partial charge in [0.05, 0.1) is 22.3 Å². The van der Waals surface area contributed by atoms with Gasteiger partial charge in [0.15, 0.2) is 11.6 Å². The van der Waals surface area contributed by atoms with Gasteiger partial charge in [-0.3, -0.25) is 4.79 Å². The van der Waals surface area contributed by atoms with Crippen LogP contribution in [0.1, 0.15) is 69.8 Å². The largest absolute Gasteiger partial charge is 0.357 e. The van der Waals surface area contributed by atoms with Gasteiger partial charge < -0.3 is 16.0 Å². The second kappa shape index (κ2) is 9.73. The van der Waals surface area contributed by atoms with Gasteiger partial charge in [-0.2, -0.15) is 0 Å². The van der Waals surface area contributed by atoms with Crippen LogP contribution >= 0.6 is 11.6 Å². The maximum Gasteiger partial charge on any atom is 0.228 e. The van der Waals surface area contributed by atoms with Crippen LogP contribution in [0.4, 0.5) is 20.2 Å². The molecule has 3 N–H and O–H groups in total. The summed E-state index contributed by atoms with van der Waals surface area (Å²) in [6.45, 7) is 0. The van der Waals surface area contributed by atoms with Crippen LogP contribution in [0, 0.1) is 23.5 Å².